The molecular formula is C32H18S6. The zero-order valence-corrected chi connectivity index (χ0v) is 24.7. The zero-order valence-electron chi connectivity index (χ0n) is 19.8. The highest BCUT2D eigenvalue weighted by atomic mass is 32.1. The van der Waals surface area contributed by atoms with E-state index in [1.54, 1.807) is 0 Å². The fraction of sp³-hybridized carbons (Fsp3) is 0. The van der Waals surface area contributed by atoms with Gasteiger partial charge in [-0.05, 0) is 47.2 Å². The number of rotatable bonds is 5. The van der Waals surface area contributed by atoms with Crippen LogP contribution < -0.4 is 0 Å². The maximum Gasteiger partial charge on any atom is 0.0528 e. The summed E-state index contributed by atoms with van der Waals surface area (Å²) in [6, 6.07) is 35.7. The van der Waals surface area contributed by atoms with Crippen LogP contribution in [0.15, 0.2) is 108 Å². The number of hydrogen-bond acceptors (Lipinski definition) is 6. The van der Waals surface area contributed by atoms with Gasteiger partial charge in [-0.25, -0.2) is 0 Å². The fourth-order valence-electron chi connectivity index (χ4n) is 4.91. The standard InChI is InChI=1S/C32H18S6/c1-3-9-21-19(7-1)29(25-11-5-17-33-25)37-31(21)27-15-13-23(35-27)24-14-16-28(36-24)32-22-10-4-2-8-20(22)30(38-32)26-12-6-18-34-26/h1-18H. The Morgan fingerprint density at radius 2 is 0.658 bits per heavy atom. The third-order valence-corrected chi connectivity index (χ3v) is 13.9. The number of benzene rings is 2. The SMILES string of the molecule is c1csc(-c2sc(-c3ccc(-c4ccc(-c5sc(-c6cccs6)c6ccccc56)s4)s3)c3ccccc23)c1. The topological polar surface area (TPSA) is 0 Å². The molecule has 8 rings (SSSR count). The molecule has 2 aromatic carbocycles. The highest BCUT2D eigenvalue weighted by Crippen LogP contribution is 2.51. The largest absolute Gasteiger partial charge is 0.143 e. The minimum absolute atomic E-state index is 1.34. The van der Waals surface area contributed by atoms with E-state index in [4.69, 9.17) is 0 Å². The van der Waals surface area contributed by atoms with E-state index in [2.05, 4.69) is 108 Å². The number of hydrogen-bond donors (Lipinski definition) is 0. The molecule has 0 aliphatic heterocycles. The van der Waals surface area contributed by atoms with Crippen LogP contribution in [0.5, 0.6) is 0 Å². The lowest BCUT2D eigenvalue weighted by atomic mass is 10.1. The Morgan fingerprint density at radius 3 is 1.03 bits per heavy atom. The summed E-state index contributed by atoms with van der Waals surface area (Å²) in [7, 11) is 0. The van der Waals surface area contributed by atoms with Crippen molar-refractivity contribution in [2.75, 3.05) is 0 Å². The van der Waals surface area contributed by atoms with Crippen molar-refractivity contribution in [1.82, 2.24) is 0 Å². The molecule has 0 atom stereocenters. The fourth-order valence-corrected chi connectivity index (χ4v) is 11.6. The van der Waals surface area contributed by atoms with Crippen molar-refractivity contribution in [2.45, 2.75) is 0 Å². The summed E-state index contributed by atoms with van der Waals surface area (Å²) >= 11 is 11.3. The minimum Gasteiger partial charge on any atom is -0.143 e. The molecule has 0 fully saturated rings. The maximum atomic E-state index is 2.31. The summed E-state index contributed by atoms with van der Waals surface area (Å²) in [6.45, 7) is 0. The first kappa shape index (κ1) is 23.1. The van der Waals surface area contributed by atoms with E-state index in [9.17, 15) is 0 Å². The third-order valence-electron chi connectivity index (χ3n) is 6.63. The summed E-state index contributed by atoms with van der Waals surface area (Å²) in [5.41, 5.74) is 0. The van der Waals surface area contributed by atoms with E-state index in [1.165, 1.54) is 70.3 Å². The van der Waals surface area contributed by atoms with Gasteiger partial charge in [0.2, 0.25) is 0 Å². The van der Waals surface area contributed by atoms with Gasteiger partial charge in [-0.15, -0.1) is 68.0 Å². The predicted octanol–water partition coefficient (Wildman–Crippen LogP) is 12.7. The summed E-state index contributed by atoms with van der Waals surface area (Å²) < 4.78 is 0. The molecule has 0 unspecified atom stereocenters. The second kappa shape index (κ2) is 9.42. The Balaban J connectivity index is 1.19. The van der Waals surface area contributed by atoms with E-state index >= 15 is 0 Å². The maximum absolute atomic E-state index is 2.31. The van der Waals surface area contributed by atoms with Gasteiger partial charge in [-0.1, -0.05) is 60.7 Å². The molecule has 6 aromatic heterocycles. The third kappa shape index (κ3) is 3.79. The van der Waals surface area contributed by atoms with Gasteiger partial charge >= 0.3 is 0 Å². The molecule has 0 bridgehead atoms. The van der Waals surface area contributed by atoms with Gasteiger partial charge in [0.1, 0.15) is 0 Å². The average molecular weight is 595 g/mol. The lowest BCUT2D eigenvalue weighted by molar-refractivity contribution is 1.83. The highest BCUT2D eigenvalue weighted by molar-refractivity contribution is 7.31. The average Bonchev–Trinajstić information content (AvgIpc) is 3.79. The Labute approximate surface area is 244 Å². The monoisotopic (exact) mass is 594 g/mol. The van der Waals surface area contributed by atoms with Crippen molar-refractivity contribution in [1.29, 1.82) is 0 Å². The van der Waals surface area contributed by atoms with Gasteiger partial charge < -0.3 is 0 Å². The van der Waals surface area contributed by atoms with Crippen LogP contribution in [0.1, 0.15) is 0 Å². The van der Waals surface area contributed by atoms with Crippen LogP contribution in [0.2, 0.25) is 0 Å². The Bertz CT molecular complexity index is 1870. The molecule has 0 nitrogen and oxygen atoms in total. The first-order chi connectivity index (χ1) is 18.8. The van der Waals surface area contributed by atoms with Crippen molar-refractivity contribution in [3.8, 4) is 48.8 Å². The lowest BCUT2D eigenvalue weighted by Crippen LogP contribution is -1.68. The molecule has 8 aromatic rings. The van der Waals surface area contributed by atoms with Crippen LogP contribution in [0, 0.1) is 0 Å². The molecule has 182 valence electrons. The van der Waals surface area contributed by atoms with Crippen LogP contribution in [-0.2, 0) is 0 Å². The van der Waals surface area contributed by atoms with Gasteiger partial charge in [0, 0.05) is 50.8 Å². The van der Waals surface area contributed by atoms with E-state index in [0.29, 0.717) is 0 Å². The van der Waals surface area contributed by atoms with Crippen LogP contribution in [-0.4, -0.2) is 0 Å². The summed E-state index contributed by atoms with van der Waals surface area (Å²) in [6.07, 6.45) is 0. The quantitative estimate of drug-likeness (QED) is 0.186. The van der Waals surface area contributed by atoms with Gasteiger partial charge in [0.15, 0.2) is 0 Å². The first-order valence-electron chi connectivity index (χ1n) is 12.1. The lowest BCUT2D eigenvalue weighted by Gasteiger charge is -1.95. The van der Waals surface area contributed by atoms with E-state index in [0.717, 1.165) is 0 Å². The number of thiophene rings is 6. The van der Waals surface area contributed by atoms with Crippen molar-refractivity contribution in [2.24, 2.45) is 0 Å². The van der Waals surface area contributed by atoms with Gasteiger partial charge in [0.25, 0.3) is 0 Å². The Hall–Kier alpha value is -2.84. The highest BCUT2D eigenvalue weighted by Gasteiger charge is 2.19. The molecule has 0 aliphatic rings. The van der Waals surface area contributed by atoms with Crippen LogP contribution in [0.25, 0.3) is 70.3 Å². The molecule has 0 aliphatic carbocycles. The molecule has 6 heterocycles. The van der Waals surface area contributed by atoms with Crippen LogP contribution in [0.3, 0.4) is 0 Å². The van der Waals surface area contributed by atoms with E-state index < -0.39 is 0 Å². The van der Waals surface area contributed by atoms with E-state index in [-0.39, 0.29) is 0 Å². The molecule has 6 heteroatoms. The second-order valence-corrected chi connectivity index (χ2v) is 15.0. The summed E-state index contributed by atoms with van der Waals surface area (Å²) in [5.74, 6) is 0. The van der Waals surface area contributed by atoms with Crippen LogP contribution in [0.4, 0.5) is 0 Å². The van der Waals surface area contributed by atoms with Crippen molar-refractivity contribution < 1.29 is 0 Å². The van der Waals surface area contributed by atoms with Gasteiger partial charge in [-0.2, -0.15) is 0 Å². The minimum atomic E-state index is 1.34. The smallest absolute Gasteiger partial charge is 0.0528 e. The van der Waals surface area contributed by atoms with E-state index in [1.807, 2.05) is 68.0 Å². The normalized spacial score (nSPS) is 11.7. The van der Waals surface area contributed by atoms with Crippen molar-refractivity contribution in [3.63, 3.8) is 0 Å². The summed E-state index contributed by atoms with van der Waals surface area (Å²) in [4.78, 5) is 13.6. The molecule has 0 radical (unpaired) electrons. The summed E-state index contributed by atoms with van der Waals surface area (Å²) in [5, 5.41) is 9.76. The Morgan fingerprint density at radius 1 is 0.289 bits per heavy atom. The van der Waals surface area contributed by atoms with Gasteiger partial charge in [0.05, 0.1) is 19.5 Å². The molecule has 0 spiro atoms. The molecular weight excluding hydrogens is 577 g/mol. The molecule has 0 amide bonds. The van der Waals surface area contributed by atoms with Gasteiger partial charge in [-0.3, -0.25) is 0 Å². The van der Waals surface area contributed by atoms with Crippen LogP contribution >= 0.6 is 68.0 Å². The second-order valence-electron chi connectivity index (χ2n) is 8.89. The zero-order chi connectivity index (χ0) is 25.1. The van der Waals surface area contributed by atoms with Crippen molar-refractivity contribution >= 4 is 89.6 Å². The molecule has 0 N–H and O–H groups in total. The predicted molar refractivity (Wildman–Crippen MR) is 176 cm³/mol. The molecule has 0 saturated carbocycles. The van der Waals surface area contributed by atoms with Crippen molar-refractivity contribution in [3.05, 3.63) is 108 Å². The molecule has 0 saturated heterocycles. The Kier molecular flexibility index (Phi) is 5.72. The molecule has 38 heavy (non-hydrogen) atoms. The first-order valence-corrected chi connectivity index (χ1v) is 17.2. The number of fused-ring (bicyclic) bond motifs is 2.